The number of nitrogens with zero attached hydrogens (tertiary/aromatic N) is 1. The Morgan fingerprint density at radius 2 is 1.50 bits per heavy atom. The summed E-state index contributed by atoms with van der Waals surface area (Å²) in [5.41, 5.74) is 2.43. The normalized spacial score (nSPS) is 12.9. The van der Waals surface area contributed by atoms with Crippen LogP contribution in [-0.4, -0.2) is 47.9 Å². The molecule has 3 aromatic rings. The lowest BCUT2D eigenvalue weighted by Crippen LogP contribution is -2.62. The molecule has 0 unspecified atom stereocenters. The SMILES string of the molecule is C=C(C)C(=O)OCCC(F)(F)C(F)(F)C(F)(F)C(F)(F)CCOc1ccc2cc(-c3ccc(CC)nc3CC)oc2c1. The Morgan fingerprint density at radius 3 is 2.07 bits per heavy atom. The molecular weight excluding hydrogens is 578 g/mol. The number of ether oxygens (including phenoxy) is 2. The first-order chi connectivity index (χ1) is 19.5. The van der Waals surface area contributed by atoms with Crippen LogP contribution in [0.5, 0.6) is 5.75 Å². The second-order valence-electron chi connectivity index (χ2n) is 9.64. The number of halogens is 8. The maximum Gasteiger partial charge on any atom is 0.378 e. The average Bonchev–Trinajstić information content (AvgIpc) is 3.35. The molecule has 0 saturated heterocycles. The molecule has 0 amide bonds. The van der Waals surface area contributed by atoms with Crippen LogP contribution in [-0.2, 0) is 22.4 Å². The summed E-state index contributed by atoms with van der Waals surface area (Å²) in [7, 11) is 0. The molecule has 0 N–H and O–H groups in total. The van der Waals surface area contributed by atoms with Gasteiger partial charge in [0.2, 0.25) is 0 Å². The summed E-state index contributed by atoms with van der Waals surface area (Å²) in [4.78, 5) is 15.8. The number of carbonyl (C=O) groups is 1. The highest BCUT2D eigenvalue weighted by Gasteiger charge is 2.79. The molecule has 2 heterocycles. The van der Waals surface area contributed by atoms with Crippen LogP contribution in [0.15, 0.2) is 53.0 Å². The molecule has 5 nitrogen and oxygen atoms in total. The van der Waals surface area contributed by atoms with Crippen molar-refractivity contribution >= 4 is 16.9 Å². The molecule has 0 radical (unpaired) electrons. The zero-order valence-electron chi connectivity index (χ0n) is 23.0. The number of aryl methyl sites for hydroxylation is 2. The number of rotatable bonds is 14. The number of hydrogen-bond donors (Lipinski definition) is 0. The second-order valence-corrected chi connectivity index (χ2v) is 9.64. The van der Waals surface area contributed by atoms with Crippen molar-refractivity contribution in [2.24, 2.45) is 0 Å². The molecule has 42 heavy (non-hydrogen) atoms. The van der Waals surface area contributed by atoms with E-state index in [9.17, 15) is 39.9 Å². The van der Waals surface area contributed by atoms with Crippen LogP contribution in [0.4, 0.5) is 35.1 Å². The van der Waals surface area contributed by atoms with Gasteiger partial charge in [-0.15, -0.1) is 0 Å². The number of alkyl halides is 8. The van der Waals surface area contributed by atoms with Crippen molar-refractivity contribution < 1.29 is 53.8 Å². The highest BCUT2D eigenvalue weighted by atomic mass is 19.4. The van der Waals surface area contributed by atoms with Gasteiger partial charge in [0.25, 0.3) is 0 Å². The predicted molar refractivity (Wildman–Crippen MR) is 138 cm³/mol. The molecule has 0 aliphatic carbocycles. The predicted octanol–water partition coefficient (Wildman–Crippen LogP) is 8.44. The van der Waals surface area contributed by atoms with Gasteiger partial charge in [0.15, 0.2) is 0 Å². The van der Waals surface area contributed by atoms with E-state index in [1.165, 1.54) is 18.2 Å². The summed E-state index contributed by atoms with van der Waals surface area (Å²) in [5, 5.41) is 0.603. The van der Waals surface area contributed by atoms with Gasteiger partial charge in [0, 0.05) is 28.3 Å². The van der Waals surface area contributed by atoms with E-state index in [0.29, 0.717) is 17.6 Å². The summed E-state index contributed by atoms with van der Waals surface area (Å²) in [5.74, 6) is -25.0. The number of hydrogen-bond acceptors (Lipinski definition) is 5. The average molecular weight is 608 g/mol. The maximum absolute atomic E-state index is 14.3. The first kappa shape index (κ1) is 32.9. The standard InChI is InChI=1S/C29H29F8NO4/c1-5-19-8-10-21(22(6-2)38-19)24-15-18-7-9-20(16-23(18)42-24)40-13-11-26(30,31)28(34,35)29(36,37)27(32,33)12-14-41-25(39)17(3)4/h7-10,15-16H,3,5-6,11-14H2,1-2,4H3. The lowest BCUT2D eigenvalue weighted by atomic mass is 9.95. The number of esters is 1. The Labute approximate surface area is 236 Å². The van der Waals surface area contributed by atoms with Crippen molar-refractivity contribution in [2.75, 3.05) is 13.2 Å². The Balaban J connectivity index is 1.69. The second kappa shape index (κ2) is 12.3. The highest BCUT2D eigenvalue weighted by Crippen LogP contribution is 2.54. The molecule has 3 rings (SSSR count). The fourth-order valence-electron chi connectivity index (χ4n) is 3.94. The van der Waals surface area contributed by atoms with E-state index in [-0.39, 0.29) is 16.9 Å². The molecule has 0 spiro atoms. The van der Waals surface area contributed by atoms with Gasteiger partial charge in [-0.25, -0.2) is 4.79 Å². The minimum atomic E-state index is -6.48. The van der Waals surface area contributed by atoms with Crippen LogP contribution in [0.1, 0.15) is 45.0 Å². The largest absolute Gasteiger partial charge is 0.493 e. The molecule has 0 aliphatic rings. The van der Waals surface area contributed by atoms with Gasteiger partial charge in [0.1, 0.15) is 17.1 Å². The summed E-state index contributed by atoms with van der Waals surface area (Å²) in [6.07, 6.45) is -2.76. The minimum Gasteiger partial charge on any atom is -0.493 e. The van der Waals surface area contributed by atoms with Gasteiger partial charge < -0.3 is 13.9 Å². The number of pyridine rings is 1. The Bertz CT molecular complexity index is 1430. The van der Waals surface area contributed by atoms with Crippen molar-refractivity contribution in [3.05, 3.63) is 59.9 Å². The topological polar surface area (TPSA) is 61.6 Å². The third kappa shape index (κ3) is 6.54. The van der Waals surface area contributed by atoms with Crippen LogP contribution >= 0.6 is 0 Å². The molecule has 230 valence electrons. The van der Waals surface area contributed by atoms with Gasteiger partial charge >= 0.3 is 29.7 Å². The zero-order chi connectivity index (χ0) is 31.5. The van der Waals surface area contributed by atoms with Gasteiger partial charge in [0.05, 0.1) is 31.7 Å². The Morgan fingerprint density at radius 1 is 0.881 bits per heavy atom. The third-order valence-electron chi connectivity index (χ3n) is 6.48. The van der Waals surface area contributed by atoms with Gasteiger partial charge in [-0.05, 0) is 50.1 Å². The third-order valence-corrected chi connectivity index (χ3v) is 6.48. The first-order valence-electron chi connectivity index (χ1n) is 13.0. The van der Waals surface area contributed by atoms with Crippen molar-refractivity contribution in [3.8, 4) is 17.1 Å². The number of fused-ring (bicyclic) bond motifs is 1. The molecule has 1 aromatic carbocycles. The fraction of sp³-hybridized carbons (Fsp3) is 0.448. The Kier molecular flexibility index (Phi) is 9.63. The van der Waals surface area contributed by atoms with Gasteiger partial charge in [-0.1, -0.05) is 20.4 Å². The number of carbonyl (C=O) groups excluding carboxylic acids is 1. The lowest BCUT2D eigenvalue weighted by molar-refractivity contribution is -0.368. The van der Waals surface area contributed by atoms with Crippen molar-refractivity contribution in [1.29, 1.82) is 0 Å². The zero-order valence-corrected chi connectivity index (χ0v) is 23.0. The van der Waals surface area contributed by atoms with E-state index in [1.807, 2.05) is 26.0 Å². The van der Waals surface area contributed by atoms with Crippen LogP contribution in [0.25, 0.3) is 22.3 Å². The highest BCUT2D eigenvalue weighted by molar-refractivity contribution is 5.87. The fourth-order valence-corrected chi connectivity index (χ4v) is 3.94. The summed E-state index contributed by atoms with van der Waals surface area (Å²) in [6.45, 7) is 5.53. The van der Waals surface area contributed by atoms with Crippen LogP contribution in [0, 0.1) is 0 Å². The summed E-state index contributed by atoms with van der Waals surface area (Å²) >= 11 is 0. The number of furan rings is 1. The van der Waals surface area contributed by atoms with E-state index in [1.54, 1.807) is 6.07 Å². The van der Waals surface area contributed by atoms with Crippen molar-refractivity contribution in [3.63, 3.8) is 0 Å². The van der Waals surface area contributed by atoms with E-state index >= 15 is 0 Å². The molecule has 13 heteroatoms. The molecular formula is C29H29F8NO4. The van der Waals surface area contributed by atoms with E-state index in [0.717, 1.165) is 30.3 Å². The summed E-state index contributed by atoms with van der Waals surface area (Å²) < 4.78 is 128. The van der Waals surface area contributed by atoms with Crippen LogP contribution in [0.2, 0.25) is 0 Å². The van der Waals surface area contributed by atoms with Gasteiger partial charge in [-0.3, -0.25) is 4.98 Å². The van der Waals surface area contributed by atoms with Crippen LogP contribution < -0.4 is 4.74 Å². The Hall–Kier alpha value is -3.64. The molecule has 0 saturated carbocycles. The van der Waals surface area contributed by atoms with E-state index in [2.05, 4.69) is 16.3 Å². The smallest absolute Gasteiger partial charge is 0.378 e. The van der Waals surface area contributed by atoms with Gasteiger partial charge in [-0.2, -0.15) is 35.1 Å². The summed E-state index contributed by atoms with van der Waals surface area (Å²) in [6, 6.07) is 9.56. The number of aromatic nitrogens is 1. The van der Waals surface area contributed by atoms with Crippen molar-refractivity contribution in [2.45, 2.75) is 70.1 Å². The molecule has 2 aromatic heterocycles. The van der Waals surface area contributed by atoms with E-state index in [4.69, 9.17) is 9.15 Å². The molecule has 0 atom stereocenters. The quantitative estimate of drug-likeness (QED) is 0.105. The lowest BCUT2D eigenvalue weighted by Gasteiger charge is -2.36. The number of benzene rings is 1. The molecule has 0 bridgehead atoms. The van der Waals surface area contributed by atoms with E-state index < -0.39 is 55.7 Å². The maximum atomic E-state index is 14.3. The minimum absolute atomic E-state index is 0.103. The van der Waals surface area contributed by atoms with Crippen molar-refractivity contribution in [1.82, 2.24) is 4.98 Å². The van der Waals surface area contributed by atoms with Crippen LogP contribution in [0.3, 0.4) is 0 Å². The monoisotopic (exact) mass is 607 g/mol. The molecule has 0 fully saturated rings. The molecule has 0 aliphatic heterocycles. The first-order valence-corrected chi connectivity index (χ1v) is 13.0.